The van der Waals surface area contributed by atoms with Gasteiger partial charge in [-0.3, -0.25) is 0 Å². The highest BCUT2D eigenvalue weighted by Crippen LogP contribution is 2.18. The average Bonchev–Trinajstić information content (AvgIpc) is 2.32. The third-order valence-corrected chi connectivity index (χ3v) is 1.72. The van der Waals surface area contributed by atoms with Gasteiger partial charge >= 0.3 is 5.97 Å². The molecule has 0 amide bonds. The molecule has 0 bridgehead atoms. The van der Waals surface area contributed by atoms with Gasteiger partial charge in [-0.05, 0) is 0 Å². The fourth-order valence-corrected chi connectivity index (χ4v) is 1.00. The van der Waals surface area contributed by atoms with Gasteiger partial charge in [0.1, 0.15) is 12.2 Å². The third-order valence-electron chi connectivity index (χ3n) is 1.72. The predicted octanol–water partition coefficient (Wildman–Crippen LogP) is -3.01. The van der Waals surface area contributed by atoms with Crippen LogP contribution >= 0.6 is 0 Å². The van der Waals surface area contributed by atoms with E-state index in [1.54, 1.807) is 0 Å². The maximum atomic E-state index is 10.6. The Morgan fingerprint density at radius 1 is 1.50 bits per heavy atom. The van der Waals surface area contributed by atoms with E-state index in [1.165, 1.54) is 0 Å². The molecule has 1 aliphatic rings. The van der Waals surface area contributed by atoms with Crippen LogP contribution in [0.25, 0.3) is 0 Å². The lowest BCUT2D eigenvalue weighted by Gasteiger charge is -2.17. The molecule has 1 rings (SSSR count). The van der Waals surface area contributed by atoms with Crippen LogP contribution in [0.15, 0.2) is 0 Å². The van der Waals surface area contributed by atoms with Gasteiger partial charge in [0.05, 0.1) is 6.61 Å². The topological polar surface area (TPSA) is 107 Å². The highest BCUT2D eigenvalue weighted by atomic mass is 16.6. The number of esters is 1. The second-order valence-electron chi connectivity index (χ2n) is 2.59. The number of hydrogen-bond donors (Lipinski definition) is 4. The Morgan fingerprint density at radius 2 is 2.08 bits per heavy atom. The summed E-state index contributed by atoms with van der Waals surface area (Å²) in [5, 5.41) is 35.3. The van der Waals surface area contributed by atoms with Crippen LogP contribution in [0.1, 0.15) is 0 Å². The summed E-state index contributed by atoms with van der Waals surface area (Å²) in [5.74, 6) is -0.986. The van der Waals surface area contributed by atoms with Crippen molar-refractivity contribution in [3.8, 4) is 0 Å². The molecule has 6 heteroatoms. The molecule has 0 aromatic heterocycles. The van der Waals surface area contributed by atoms with Gasteiger partial charge in [-0.25, -0.2) is 4.79 Å². The van der Waals surface area contributed by atoms with Crippen LogP contribution in [0.4, 0.5) is 0 Å². The molecule has 1 fully saturated rings. The normalized spacial score (nSPS) is 38.0. The molecule has 0 unspecified atom stereocenters. The molecule has 0 saturated carbocycles. The predicted molar refractivity (Wildman–Crippen MR) is 35.0 cm³/mol. The van der Waals surface area contributed by atoms with Crippen LogP contribution in [0.2, 0.25) is 0 Å². The standard InChI is InChI=1S/C6H10O6/c7-1-2(8)5-3(9)4(10)6(11)12-5/h2-5,7-10H,1H2/t2-,3+,4+,5-/m1/s1. The summed E-state index contributed by atoms with van der Waals surface area (Å²) in [5.41, 5.74) is 0. The van der Waals surface area contributed by atoms with Crippen molar-refractivity contribution in [2.45, 2.75) is 24.4 Å². The number of carbonyl (C=O) groups is 1. The van der Waals surface area contributed by atoms with E-state index in [1.807, 2.05) is 0 Å². The molecule has 0 spiro atoms. The van der Waals surface area contributed by atoms with Gasteiger partial charge in [0.25, 0.3) is 0 Å². The molecule has 70 valence electrons. The van der Waals surface area contributed by atoms with Gasteiger partial charge in [-0.2, -0.15) is 0 Å². The van der Waals surface area contributed by atoms with Gasteiger partial charge in [0, 0.05) is 0 Å². The minimum absolute atomic E-state index is 0.637. The zero-order valence-electron chi connectivity index (χ0n) is 6.12. The Hall–Kier alpha value is -0.690. The number of carbonyl (C=O) groups excluding carboxylic acids is 1. The first kappa shape index (κ1) is 9.40. The molecule has 4 atom stereocenters. The molecule has 1 heterocycles. The van der Waals surface area contributed by atoms with E-state index < -0.39 is 37.0 Å². The summed E-state index contributed by atoms with van der Waals surface area (Å²) in [6.45, 7) is -0.637. The Balaban J connectivity index is 2.64. The van der Waals surface area contributed by atoms with E-state index in [9.17, 15) is 4.79 Å². The van der Waals surface area contributed by atoms with Gasteiger partial charge in [0.15, 0.2) is 12.2 Å². The van der Waals surface area contributed by atoms with E-state index in [-0.39, 0.29) is 0 Å². The second-order valence-corrected chi connectivity index (χ2v) is 2.59. The number of ether oxygens (including phenoxy) is 1. The number of rotatable bonds is 2. The summed E-state index contributed by atoms with van der Waals surface area (Å²) < 4.78 is 4.39. The van der Waals surface area contributed by atoms with Crippen molar-refractivity contribution in [2.24, 2.45) is 0 Å². The summed E-state index contributed by atoms with van der Waals surface area (Å²) in [7, 11) is 0. The molecule has 4 N–H and O–H groups in total. The van der Waals surface area contributed by atoms with Crippen LogP contribution < -0.4 is 0 Å². The van der Waals surface area contributed by atoms with Crippen molar-refractivity contribution in [1.29, 1.82) is 0 Å². The van der Waals surface area contributed by atoms with Crippen molar-refractivity contribution in [2.75, 3.05) is 6.61 Å². The van der Waals surface area contributed by atoms with Crippen molar-refractivity contribution in [3.05, 3.63) is 0 Å². The maximum absolute atomic E-state index is 10.6. The minimum atomic E-state index is -1.63. The molecule has 1 aliphatic heterocycles. The summed E-state index contributed by atoms with van der Waals surface area (Å²) in [6, 6.07) is 0. The lowest BCUT2D eigenvalue weighted by atomic mass is 10.1. The molecule has 0 aromatic rings. The first-order valence-corrected chi connectivity index (χ1v) is 3.43. The van der Waals surface area contributed by atoms with E-state index in [4.69, 9.17) is 20.4 Å². The quantitative estimate of drug-likeness (QED) is 0.335. The smallest absolute Gasteiger partial charge is 0.338 e. The van der Waals surface area contributed by atoms with Gasteiger partial charge in [-0.15, -0.1) is 0 Å². The SMILES string of the molecule is O=C1O[C@H]([C@H](O)CO)[C@@H](O)[C@@H]1O. The van der Waals surface area contributed by atoms with Crippen molar-refractivity contribution < 1.29 is 30.0 Å². The summed E-state index contributed by atoms with van der Waals surface area (Å²) >= 11 is 0. The van der Waals surface area contributed by atoms with E-state index in [0.29, 0.717) is 0 Å². The maximum Gasteiger partial charge on any atom is 0.338 e. The van der Waals surface area contributed by atoms with Gasteiger partial charge in [-0.1, -0.05) is 0 Å². The largest absolute Gasteiger partial charge is 0.455 e. The molecule has 12 heavy (non-hydrogen) atoms. The van der Waals surface area contributed by atoms with Crippen LogP contribution in [0.3, 0.4) is 0 Å². The lowest BCUT2D eigenvalue weighted by Crippen LogP contribution is -2.40. The van der Waals surface area contributed by atoms with Crippen LogP contribution in [0, 0.1) is 0 Å². The second kappa shape index (κ2) is 3.36. The summed E-state index contributed by atoms with van der Waals surface area (Å²) in [6.07, 6.45) is -5.70. The van der Waals surface area contributed by atoms with Crippen LogP contribution in [-0.2, 0) is 9.53 Å². The highest BCUT2D eigenvalue weighted by molar-refractivity contribution is 5.77. The monoisotopic (exact) mass is 178 g/mol. The Kier molecular flexibility index (Phi) is 2.63. The van der Waals surface area contributed by atoms with Crippen LogP contribution in [-0.4, -0.2) is 57.4 Å². The van der Waals surface area contributed by atoms with Crippen molar-refractivity contribution in [1.82, 2.24) is 0 Å². The highest BCUT2D eigenvalue weighted by Gasteiger charge is 2.45. The number of aliphatic hydroxyl groups is 4. The van der Waals surface area contributed by atoms with Gasteiger partial charge < -0.3 is 25.2 Å². The van der Waals surface area contributed by atoms with E-state index in [0.717, 1.165) is 0 Å². The Morgan fingerprint density at radius 3 is 2.42 bits per heavy atom. The number of hydrogen-bond acceptors (Lipinski definition) is 6. The molecule has 0 aliphatic carbocycles. The Labute approximate surface area is 68.0 Å². The Bertz CT molecular complexity index is 181. The first-order valence-electron chi connectivity index (χ1n) is 3.43. The first-order chi connectivity index (χ1) is 5.57. The summed E-state index contributed by atoms with van der Waals surface area (Å²) in [4.78, 5) is 10.6. The van der Waals surface area contributed by atoms with Gasteiger partial charge in [0.2, 0.25) is 0 Å². The van der Waals surface area contributed by atoms with E-state index in [2.05, 4.69) is 4.74 Å². The lowest BCUT2D eigenvalue weighted by molar-refractivity contribution is -0.151. The van der Waals surface area contributed by atoms with E-state index >= 15 is 0 Å². The molecular formula is C6H10O6. The fourth-order valence-electron chi connectivity index (χ4n) is 1.00. The zero-order chi connectivity index (χ0) is 9.30. The minimum Gasteiger partial charge on any atom is -0.455 e. The molecule has 6 nitrogen and oxygen atoms in total. The number of aliphatic hydroxyl groups excluding tert-OH is 4. The molecule has 0 aromatic carbocycles. The molecule has 0 radical (unpaired) electrons. The van der Waals surface area contributed by atoms with Crippen molar-refractivity contribution >= 4 is 5.97 Å². The zero-order valence-corrected chi connectivity index (χ0v) is 6.12. The van der Waals surface area contributed by atoms with Crippen LogP contribution in [0.5, 0.6) is 0 Å². The molecule has 1 saturated heterocycles. The average molecular weight is 178 g/mol. The third kappa shape index (κ3) is 1.42. The fraction of sp³-hybridized carbons (Fsp3) is 0.833. The van der Waals surface area contributed by atoms with Crippen molar-refractivity contribution in [3.63, 3.8) is 0 Å². The molecular weight excluding hydrogens is 168 g/mol. The number of cyclic esters (lactones) is 1.